The second-order valence-corrected chi connectivity index (χ2v) is 8.06. The van der Waals surface area contributed by atoms with Crippen LogP contribution in [0.15, 0.2) is 24.3 Å². The van der Waals surface area contributed by atoms with Gasteiger partial charge < -0.3 is 15.3 Å². The van der Waals surface area contributed by atoms with Crippen LogP contribution in [-0.4, -0.2) is 40.9 Å². The van der Waals surface area contributed by atoms with Crippen LogP contribution < -0.4 is 5.32 Å². The summed E-state index contributed by atoms with van der Waals surface area (Å²) in [6.45, 7) is 4.22. The molecule has 2 N–H and O–H groups in total. The minimum atomic E-state index is -0.833. The summed E-state index contributed by atoms with van der Waals surface area (Å²) in [4.78, 5) is 37.9. The maximum atomic E-state index is 12.6. The summed E-state index contributed by atoms with van der Waals surface area (Å²) in [6.07, 6.45) is 5.26. The zero-order chi connectivity index (χ0) is 20.7. The van der Waals surface area contributed by atoms with Gasteiger partial charge in [0.15, 0.2) is 0 Å². The highest BCUT2D eigenvalue weighted by Crippen LogP contribution is 2.23. The van der Waals surface area contributed by atoms with Crippen LogP contribution in [0.4, 0.5) is 0 Å². The molecule has 0 aromatic heterocycles. The Hall–Kier alpha value is -2.37. The van der Waals surface area contributed by atoms with Crippen LogP contribution in [0.5, 0.6) is 0 Å². The topological polar surface area (TPSA) is 86.7 Å². The monoisotopic (exact) mass is 388 g/mol. The lowest BCUT2D eigenvalue weighted by molar-refractivity contribution is -0.143. The number of hydrogen-bond acceptors (Lipinski definition) is 3. The number of carboxylic acid groups (broad SMARTS) is 1. The summed E-state index contributed by atoms with van der Waals surface area (Å²) in [5.41, 5.74) is 1.45. The number of benzene rings is 1. The quantitative estimate of drug-likeness (QED) is 0.781. The van der Waals surface area contributed by atoms with Crippen molar-refractivity contribution in [2.45, 2.75) is 65.0 Å². The number of nitrogens with one attached hydrogen (secondary N) is 1. The van der Waals surface area contributed by atoms with Gasteiger partial charge in [0.1, 0.15) is 0 Å². The molecule has 2 atom stereocenters. The molecule has 2 amide bonds. The first-order valence-corrected chi connectivity index (χ1v) is 10.2. The molecular weight excluding hydrogens is 356 g/mol. The van der Waals surface area contributed by atoms with Crippen molar-refractivity contribution in [1.29, 1.82) is 0 Å². The largest absolute Gasteiger partial charge is 0.481 e. The van der Waals surface area contributed by atoms with Crippen LogP contribution in [0.25, 0.3) is 0 Å². The SMILES string of the molecule is CC(C)C(=O)N(C)Cc1ccc(C(=O)NC2CCCCCCC2C(=O)O)cc1. The fourth-order valence-corrected chi connectivity index (χ4v) is 3.76. The van der Waals surface area contributed by atoms with Gasteiger partial charge in [-0.05, 0) is 30.5 Å². The number of nitrogens with zero attached hydrogens (tertiary/aromatic N) is 1. The van der Waals surface area contributed by atoms with E-state index in [0.29, 0.717) is 24.9 Å². The van der Waals surface area contributed by atoms with Gasteiger partial charge in [0, 0.05) is 31.1 Å². The Morgan fingerprint density at radius 1 is 1.07 bits per heavy atom. The molecule has 0 heterocycles. The first-order valence-electron chi connectivity index (χ1n) is 10.2. The van der Waals surface area contributed by atoms with Gasteiger partial charge in [0.05, 0.1) is 5.92 Å². The van der Waals surface area contributed by atoms with Crippen molar-refractivity contribution in [3.05, 3.63) is 35.4 Å². The van der Waals surface area contributed by atoms with Gasteiger partial charge in [-0.1, -0.05) is 51.7 Å². The summed E-state index contributed by atoms with van der Waals surface area (Å²) >= 11 is 0. The predicted octanol–water partition coefficient (Wildman–Crippen LogP) is 3.45. The molecule has 1 aromatic rings. The van der Waals surface area contributed by atoms with Crippen molar-refractivity contribution >= 4 is 17.8 Å². The second kappa shape index (κ2) is 10.2. The standard InChI is InChI=1S/C22H32N2O4/c1-15(2)21(26)24(3)14-16-10-12-17(13-11-16)20(25)23-19-9-7-5-4-6-8-18(19)22(27)28/h10-13,15,18-19H,4-9,14H2,1-3H3,(H,23,25)(H,27,28). The molecule has 0 aliphatic heterocycles. The molecule has 0 spiro atoms. The maximum Gasteiger partial charge on any atom is 0.308 e. The molecule has 0 radical (unpaired) electrons. The summed E-state index contributed by atoms with van der Waals surface area (Å²) in [6, 6.07) is 6.81. The van der Waals surface area contributed by atoms with Crippen LogP contribution >= 0.6 is 0 Å². The molecule has 1 aliphatic carbocycles. The molecular formula is C22H32N2O4. The van der Waals surface area contributed by atoms with Crippen LogP contribution in [0.3, 0.4) is 0 Å². The van der Waals surface area contributed by atoms with E-state index in [4.69, 9.17) is 0 Å². The molecule has 154 valence electrons. The van der Waals surface area contributed by atoms with Crippen molar-refractivity contribution < 1.29 is 19.5 Å². The molecule has 28 heavy (non-hydrogen) atoms. The third-order valence-corrected chi connectivity index (χ3v) is 5.41. The number of carboxylic acids is 1. The average Bonchev–Trinajstić information content (AvgIpc) is 2.63. The Bertz CT molecular complexity index is 684. The Labute approximate surface area is 167 Å². The fraction of sp³-hybridized carbons (Fsp3) is 0.591. The average molecular weight is 389 g/mol. The van der Waals surface area contributed by atoms with E-state index < -0.39 is 11.9 Å². The van der Waals surface area contributed by atoms with Crippen LogP contribution in [0, 0.1) is 11.8 Å². The molecule has 1 saturated carbocycles. The molecule has 1 aliphatic rings. The minimum absolute atomic E-state index is 0.0546. The fourth-order valence-electron chi connectivity index (χ4n) is 3.76. The van der Waals surface area contributed by atoms with Crippen LogP contribution in [-0.2, 0) is 16.1 Å². The lowest BCUT2D eigenvalue weighted by Crippen LogP contribution is -2.43. The van der Waals surface area contributed by atoms with E-state index in [1.54, 1.807) is 24.1 Å². The Morgan fingerprint density at radius 2 is 1.68 bits per heavy atom. The minimum Gasteiger partial charge on any atom is -0.481 e. The normalized spacial score (nSPS) is 20.1. The second-order valence-electron chi connectivity index (χ2n) is 8.06. The van der Waals surface area contributed by atoms with Crippen LogP contribution in [0.1, 0.15) is 68.3 Å². The van der Waals surface area contributed by atoms with Gasteiger partial charge in [-0.3, -0.25) is 14.4 Å². The van der Waals surface area contributed by atoms with E-state index in [0.717, 1.165) is 31.2 Å². The number of carbonyl (C=O) groups is 3. The Kier molecular flexibility index (Phi) is 8.03. The highest BCUT2D eigenvalue weighted by atomic mass is 16.4. The summed E-state index contributed by atoms with van der Waals surface area (Å²) in [5.74, 6) is -1.58. The number of aliphatic carboxylic acids is 1. The summed E-state index contributed by atoms with van der Waals surface area (Å²) < 4.78 is 0. The maximum absolute atomic E-state index is 12.6. The lowest BCUT2D eigenvalue weighted by Gasteiger charge is -2.27. The Balaban J connectivity index is 2.01. The zero-order valence-corrected chi connectivity index (χ0v) is 17.1. The third-order valence-electron chi connectivity index (χ3n) is 5.41. The molecule has 6 heteroatoms. The molecule has 1 fully saturated rings. The van der Waals surface area contributed by atoms with E-state index in [2.05, 4.69) is 5.32 Å². The van der Waals surface area contributed by atoms with Gasteiger partial charge >= 0.3 is 5.97 Å². The highest BCUT2D eigenvalue weighted by molar-refractivity contribution is 5.94. The number of amides is 2. The van der Waals surface area contributed by atoms with Crippen LogP contribution in [0.2, 0.25) is 0 Å². The van der Waals surface area contributed by atoms with Crippen molar-refractivity contribution in [2.75, 3.05) is 7.05 Å². The van der Waals surface area contributed by atoms with E-state index in [1.807, 2.05) is 26.0 Å². The van der Waals surface area contributed by atoms with Gasteiger partial charge in [-0.25, -0.2) is 0 Å². The highest BCUT2D eigenvalue weighted by Gasteiger charge is 2.30. The first kappa shape index (κ1) is 21.9. The van der Waals surface area contributed by atoms with Crippen molar-refractivity contribution in [3.63, 3.8) is 0 Å². The predicted molar refractivity (Wildman–Crippen MR) is 108 cm³/mol. The molecule has 0 saturated heterocycles. The molecule has 1 aromatic carbocycles. The first-order chi connectivity index (χ1) is 13.3. The van der Waals surface area contributed by atoms with Crippen molar-refractivity contribution in [2.24, 2.45) is 11.8 Å². The number of hydrogen-bond donors (Lipinski definition) is 2. The van der Waals surface area contributed by atoms with E-state index in [-0.39, 0.29) is 23.8 Å². The summed E-state index contributed by atoms with van der Waals surface area (Å²) in [7, 11) is 1.77. The molecule has 6 nitrogen and oxygen atoms in total. The number of rotatable bonds is 6. The third kappa shape index (κ3) is 6.08. The smallest absolute Gasteiger partial charge is 0.308 e. The Morgan fingerprint density at radius 3 is 2.25 bits per heavy atom. The van der Waals surface area contributed by atoms with E-state index in [9.17, 15) is 19.5 Å². The molecule has 2 rings (SSSR count). The molecule has 2 unspecified atom stereocenters. The number of carbonyl (C=O) groups excluding carboxylic acids is 2. The zero-order valence-electron chi connectivity index (χ0n) is 17.1. The van der Waals surface area contributed by atoms with Gasteiger partial charge in [-0.15, -0.1) is 0 Å². The lowest BCUT2D eigenvalue weighted by atomic mass is 9.86. The van der Waals surface area contributed by atoms with E-state index in [1.165, 1.54) is 0 Å². The summed E-state index contributed by atoms with van der Waals surface area (Å²) in [5, 5.41) is 12.5. The molecule has 0 bridgehead atoms. The van der Waals surface area contributed by atoms with Gasteiger partial charge in [-0.2, -0.15) is 0 Å². The van der Waals surface area contributed by atoms with Crippen molar-refractivity contribution in [3.8, 4) is 0 Å². The van der Waals surface area contributed by atoms with E-state index >= 15 is 0 Å². The van der Waals surface area contributed by atoms with Crippen molar-refractivity contribution in [1.82, 2.24) is 10.2 Å². The van der Waals surface area contributed by atoms with Gasteiger partial charge in [0.25, 0.3) is 5.91 Å². The van der Waals surface area contributed by atoms with Gasteiger partial charge in [0.2, 0.25) is 5.91 Å².